The molecule has 0 aliphatic heterocycles. The second-order valence-corrected chi connectivity index (χ2v) is 5.24. The van der Waals surface area contributed by atoms with Gasteiger partial charge in [0.15, 0.2) is 6.61 Å². The zero-order valence-electron chi connectivity index (χ0n) is 8.89. The van der Waals surface area contributed by atoms with E-state index in [9.17, 15) is 9.59 Å². The first kappa shape index (κ1) is 15.0. The molecule has 1 rings (SSSR count). The van der Waals surface area contributed by atoms with Gasteiger partial charge < -0.3 is 14.9 Å². The highest BCUT2D eigenvalue weighted by molar-refractivity contribution is 14.1. The third kappa shape index (κ3) is 4.65. The van der Waals surface area contributed by atoms with Crippen molar-refractivity contribution in [2.45, 2.75) is 0 Å². The third-order valence-corrected chi connectivity index (χ3v) is 3.04. The lowest BCUT2D eigenvalue weighted by atomic mass is 10.2. The van der Waals surface area contributed by atoms with E-state index in [0.717, 1.165) is 10.5 Å². The molecule has 0 heterocycles. The molecule has 18 heavy (non-hydrogen) atoms. The third-order valence-electron chi connectivity index (χ3n) is 1.78. The van der Waals surface area contributed by atoms with E-state index >= 15 is 0 Å². The van der Waals surface area contributed by atoms with Crippen LogP contribution in [-0.2, 0) is 9.59 Å². The van der Waals surface area contributed by atoms with E-state index in [1.807, 2.05) is 22.6 Å². The Bertz CT molecular complexity index is 512. The van der Waals surface area contributed by atoms with Crippen LogP contribution in [0.5, 0.6) is 5.75 Å². The second-order valence-electron chi connectivity index (χ2n) is 3.16. The fourth-order valence-electron chi connectivity index (χ4n) is 1.15. The molecule has 2 N–H and O–H groups in total. The molecule has 0 saturated heterocycles. The van der Waals surface area contributed by atoms with Gasteiger partial charge in [-0.1, -0.05) is 15.9 Å². The molecule has 96 valence electrons. The Hall–Kier alpha value is -1.09. The topological polar surface area (TPSA) is 83.8 Å². The van der Waals surface area contributed by atoms with Gasteiger partial charge in [-0.15, -0.1) is 0 Å². The molecule has 0 aliphatic rings. The molecule has 5 nitrogen and oxygen atoms in total. The minimum absolute atomic E-state index is 0.346. The van der Waals surface area contributed by atoms with E-state index in [-0.39, 0.29) is 0 Å². The monoisotopic (exact) mass is 426 g/mol. The van der Waals surface area contributed by atoms with Crippen LogP contribution in [0, 0.1) is 3.57 Å². The van der Waals surface area contributed by atoms with Crippen LogP contribution in [0.25, 0.3) is 6.08 Å². The predicted molar refractivity (Wildman–Crippen MR) is 76.7 cm³/mol. The van der Waals surface area contributed by atoms with Gasteiger partial charge >= 0.3 is 11.9 Å². The van der Waals surface area contributed by atoms with Crippen LogP contribution in [0.3, 0.4) is 0 Å². The molecular weight excluding hydrogens is 419 g/mol. The number of carboxylic acids is 2. The number of benzene rings is 1. The number of hydrogen-bond donors (Lipinski definition) is 2. The zero-order chi connectivity index (χ0) is 13.7. The summed E-state index contributed by atoms with van der Waals surface area (Å²) >= 11 is 5.26. The number of aliphatic carboxylic acids is 2. The molecule has 0 amide bonds. The molecule has 0 aromatic heterocycles. The number of carbonyl (C=O) groups is 2. The normalized spacial score (nSPS) is 10.6. The largest absolute Gasteiger partial charge is 0.480 e. The summed E-state index contributed by atoms with van der Waals surface area (Å²) in [4.78, 5) is 21.0. The van der Waals surface area contributed by atoms with Crippen LogP contribution >= 0.6 is 38.5 Å². The lowest BCUT2D eigenvalue weighted by molar-refractivity contribution is -0.139. The summed E-state index contributed by atoms with van der Waals surface area (Å²) in [5.41, 5.74) is 0.498. The molecule has 7 heteroatoms. The Kier molecular flexibility index (Phi) is 5.60. The molecule has 1 aromatic carbocycles. The second kappa shape index (κ2) is 6.74. The lowest BCUT2D eigenvalue weighted by Crippen LogP contribution is -2.11. The van der Waals surface area contributed by atoms with Gasteiger partial charge in [0.05, 0.1) is 3.57 Å². The number of ether oxygens (including phenoxy) is 1. The van der Waals surface area contributed by atoms with E-state index in [1.165, 1.54) is 6.08 Å². The van der Waals surface area contributed by atoms with E-state index in [1.54, 1.807) is 12.1 Å². The Balaban J connectivity index is 3.12. The first-order chi connectivity index (χ1) is 8.40. The van der Waals surface area contributed by atoms with Crippen LogP contribution in [-0.4, -0.2) is 28.8 Å². The number of rotatable bonds is 5. The van der Waals surface area contributed by atoms with Crippen molar-refractivity contribution in [3.05, 3.63) is 31.8 Å². The summed E-state index contributed by atoms with van der Waals surface area (Å²) in [7, 11) is 0. The van der Waals surface area contributed by atoms with Gasteiger partial charge in [-0.05, 0) is 40.8 Å². The van der Waals surface area contributed by atoms with Crippen molar-refractivity contribution in [2.75, 3.05) is 6.61 Å². The maximum Gasteiger partial charge on any atom is 0.341 e. The Morgan fingerprint density at radius 3 is 2.61 bits per heavy atom. The van der Waals surface area contributed by atoms with Gasteiger partial charge in [-0.25, -0.2) is 9.59 Å². The highest BCUT2D eigenvalue weighted by atomic mass is 127. The highest BCUT2D eigenvalue weighted by Gasteiger charge is 2.10. The highest BCUT2D eigenvalue weighted by Crippen LogP contribution is 2.30. The smallest absolute Gasteiger partial charge is 0.341 e. The van der Waals surface area contributed by atoms with Gasteiger partial charge in [-0.3, -0.25) is 0 Å². The molecule has 1 aromatic rings. The van der Waals surface area contributed by atoms with Gasteiger partial charge in [-0.2, -0.15) is 0 Å². The minimum atomic E-state index is -1.10. The van der Waals surface area contributed by atoms with Gasteiger partial charge in [0.25, 0.3) is 0 Å². The van der Waals surface area contributed by atoms with Crippen LogP contribution in [0.1, 0.15) is 5.56 Å². The van der Waals surface area contributed by atoms with E-state index in [0.29, 0.717) is 14.9 Å². The van der Waals surface area contributed by atoms with E-state index in [4.69, 9.17) is 14.9 Å². The molecule has 0 fully saturated rings. The van der Waals surface area contributed by atoms with Gasteiger partial charge in [0.2, 0.25) is 0 Å². The molecule has 0 bridgehead atoms. The van der Waals surface area contributed by atoms with E-state index in [2.05, 4.69) is 15.9 Å². The number of carboxylic acid groups (broad SMARTS) is 2. The summed E-state index contributed by atoms with van der Waals surface area (Å²) in [6.07, 6.45) is 2.32. The van der Waals surface area contributed by atoms with Crippen molar-refractivity contribution < 1.29 is 24.5 Å². The molecule has 0 saturated carbocycles. The zero-order valence-corrected chi connectivity index (χ0v) is 12.6. The van der Waals surface area contributed by atoms with Gasteiger partial charge in [0.1, 0.15) is 5.75 Å². The fourth-order valence-corrected chi connectivity index (χ4v) is 2.86. The molecular formula is C11H8BrIO5. The first-order valence-corrected chi connectivity index (χ1v) is 6.52. The van der Waals surface area contributed by atoms with Crippen LogP contribution in [0.4, 0.5) is 0 Å². The first-order valence-electron chi connectivity index (χ1n) is 4.65. The summed E-state index contributed by atoms with van der Waals surface area (Å²) in [5.74, 6) is -1.84. The van der Waals surface area contributed by atoms with Crippen molar-refractivity contribution >= 4 is 56.5 Å². The average molecular weight is 427 g/mol. The maximum absolute atomic E-state index is 10.5. The quantitative estimate of drug-likeness (QED) is 0.558. The molecule has 0 radical (unpaired) electrons. The molecule has 0 atom stereocenters. The van der Waals surface area contributed by atoms with Crippen LogP contribution in [0.15, 0.2) is 22.7 Å². The summed E-state index contributed by atoms with van der Waals surface area (Å²) in [6, 6.07) is 3.40. The van der Waals surface area contributed by atoms with Crippen molar-refractivity contribution in [3.63, 3.8) is 0 Å². The maximum atomic E-state index is 10.5. The fraction of sp³-hybridized carbons (Fsp3) is 0.0909. The predicted octanol–water partition coefficient (Wildman–Crippen LogP) is 2.61. The number of halogens is 2. The Morgan fingerprint density at radius 2 is 2.06 bits per heavy atom. The van der Waals surface area contributed by atoms with Crippen LogP contribution < -0.4 is 4.74 Å². The van der Waals surface area contributed by atoms with Crippen molar-refractivity contribution in [2.24, 2.45) is 0 Å². The summed E-state index contributed by atoms with van der Waals surface area (Å²) < 4.78 is 6.58. The lowest BCUT2D eigenvalue weighted by Gasteiger charge is -2.10. The molecule has 0 unspecified atom stereocenters. The molecule has 0 aliphatic carbocycles. The standard InChI is InChI=1S/C11H8BrIO5/c12-7-3-6(1-2-9(14)15)11(8(13)4-7)18-5-10(16)17/h1-4H,5H2,(H,14,15)(H,16,17). The Labute approximate surface area is 125 Å². The number of hydrogen-bond acceptors (Lipinski definition) is 3. The van der Waals surface area contributed by atoms with Gasteiger partial charge in [0, 0.05) is 16.1 Å². The molecule has 0 spiro atoms. The average Bonchev–Trinajstić information content (AvgIpc) is 2.24. The Morgan fingerprint density at radius 1 is 1.39 bits per heavy atom. The van der Waals surface area contributed by atoms with E-state index < -0.39 is 18.5 Å². The minimum Gasteiger partial charge on any atom is -0.480 e. The van der Waals surface area contributed by atoms with Crippen molar-refractivity contribution in [1.82, 2.24) is 0 Å². The summed E-state index contributed by atoms with van der Waals surface area (Å²) in [6.45, 7) is -0.481. The van der Waals surface area contributed by atoms with Crippen molar-refractivity contribution in [3.8, 4) is 5.75 Å². The van der Waals surface area contributed by atoms with Crippen molar-refractivity contribution in [1.29, 1.82) is 0 Å². The van der Waals surface area contributed by atoms with Crippen LogP contribution in [0.2, 0.25) is 0 Å². The SMILES string of the molecule is O=C(O)C=Cc1cc(Br)cc(I)c1OCC(=O)O. The summed E-state index contributed by atoms with van der Waals surface area (Å²) in [5, 5.41) is 17.2.